The first-order valence-corrected chi connectivity index (χ1v) is 18.8. The van der Waals surface area contributed by atoms with Gasteiger partial charge in [0, 0.05) is 60.6 Å². The molecular weight excluding hydrogens is 686 g/mol. The molecule has 0 spiro atoms. The number of nitriles is 1. The third kappa shape index (κ3) is 5.73. The maximum Gasteiger partial charge on any atom is 0.255 e. The highest BCUT2D eigenvalue weighted by atomic mass is 19.1. The first-order chi connectivity index (χ1) is 26.0. The lowest BCUT2D eigenvalue weighted by Gasteiger charge is -2.54. The topological polar surface area (TPSA) is 135 Å². The van der Waals surface area contributed by atoms with Crippen LogP contribution in [0.5, 0.6) is 0 Å². The van der Waals surface area contributed by atoms with Crippen molar-refractivity contribution in [1.82, 2.24) is 20.3 Å². The van der Waals surface area contributed by atoms with E-state index in [1.54, 1.807) is 6.07 Å². The molecule has 0 radical (unpaired) electrons. The number of carbonyl (C=O) groups excluding carboxylic acids is 3. The van der Waals surface area contributed by atoms with E-state index in [4.69, 9.17) is 4.52 Å². The molecule has 1 unspecified atom stereocenters. The van der Waals surface area contributed by atoms with E-state index in [9.17, 15) is 19.6 Å². The number of anilines is 3. The number of likely N-dealkylation sites (tertiary alicyclic amines) is 1. The number of imide groups is 1. The molecule has 12 heteroatoms. The molecule has 0 bridgehead atoms. The molecule has 3 aromatic carbocycles. The predicted octanol–water partition coefficient (Wildman–Crippen LogP) is 6.19. The molecule has 4 heterocycles. The second kappa shape index (κ2) is 12.8. The van der Waals surface area contributed by atoms with E-state index in [1.165, 1.54) is 11.0 Å². The smallest absolute Gasteiger partial charge is 0.255 e. The fraction of sp³-hybridized carbons (Fsp3) is 0.405. The van der Waals surface area contributed by atoms with Gasteiger partial charge in [0.05, 0.1) is 28.9 Å². The Kier molecular flexibility index (Phi) is 8.12. The van der Waals surface area contributed by atoms with E-state index < -0.39 is 17.8 Å². The number of rotatable bonds is 9. The summed E-state index contributed by atoms with van der Waals surface area (Å²) in [6, 6.07) is 20.4. The molecule has 54 heavy (non-hydrogen) atoms. The van der Waals surface area contributed by atoms with E-state index in [2.05, 4.69) is 81.0 Å². The van der Waals surface area contributed by atoms with E-state index >= 15 is 4.39 Å². The summed E-state index contributed by atoms with van der Waals surface area (Å²) in [5, 5.41) is 19.7. The van der Waals surface area contributed by atoms with Gasteiger partial charge in [-0.05, 0) is 105 Å². The Morgan fingerprint density at radius 1 is 1.04 bits per heavy atom. The molecule has 4 aromatic rings. The monoisotopic (exact) mass is 727 g/mol. The van der Waals surface area contributed by atoms with Crippen molar-refractivity contribution in [1.29, 1.82) is 5.26 Å². The summed E-state index contributed by atoms with van der Waals surface area (Å²) in [7, 11) is 0. The summed E-state index contributed by atoms with van der Waals surface area (Å²) in [5.41, 5.74) is 8.26. The molecule has 3 aliphatic heterocycles. The molecule has 2 saturated heterocycles. The third-order valence-electron chi connectivity index (χ3n) is 12.3. The van der Waals surface area contributed by atoms with E-state index in [0.29, 0.717) is 22.9 Å². The number of carbonyl (C=O) groups is 3. The van der Waals surface area contributed by atoms with Gasteiger partial charge in [-0.1, -0.05) is 29.4 Å². The van der Waals surface area contributed by atoms with Crippen LogP contribution in [0.1, 0.15) is 77.0 Å². The maximum absolute atomic E-state index is 15.3. The van der Waals surface area contributed by atoms with Crippen molar-refractivity contribution < 1.29 is 23.3 Å². The van der Waals surface area contributed by atoms with Crippen molar-refractivity contribution in [2.45, 2.75) is 95.4 Å². The van der Waals surface area contributed by atoms with Crippen LogP contribution in [0.3, 0.4) is 0 Å². The molecular formula is C42H42FN7O4. The van der Waals surface area contributed by atoms with Gasteiger partial charge in [-0.15, -0.1) is 0 Å². The van der Waals surface area contributed by atoms with Crippen LogP contribution < -0.4 is 15.5 Å². The Balaban J connectivity index is 0.887. The number of fused-ring (bicyclic) bond motifs is 1. The van der Waals surface area contributed by atoms with Gasteiger partial charge < -0.3 is 19.6 Å². The van der Waals surface area contributed by atoms with Crippen molar-refractivity contribution in [2.75, 3.05) is 23.3 Å². The number of nitrogens with zero attached hydrogens (tertiary/aromatic N) is 5. The zero-order valence-electron chi connectivity index (χ0n) is 30.6. The van der Waals surface area contributed by atoms with Crippen LogP contribution in [0, 0.1) is 37.9 Å². The Morgan fingerprint density at radius 2 is 1.80 bits per heavy atom. The number of hydrogen-bond donors (Lipinski definition) is 2. The Bertz CT molecular complexity index is 2230. The summed E-state index contributed by atoms with van der Waals surface area (Å²) in [5.74, 6) is -0.774. The minimum Gasteiger partial charge on any atom is -0.380 e. The average molecular weight is 728 g/mol. The fourth-order valence-corrected chi connectivity index (χ4v) is 8.87. The quantitative estimate of drug-likeness (QED) is 0.194. The van der Waals surface area contributed by atoms with Gasteiger partial charge in [0.25, 0.3) is 5.91 Å². The summed E-state index contributed by atoms with van der Waals surface area (Å²) in [4.78, 5) is 43.8. The normalized spacial score (nSPS) is 23.3. The minimum atomic E-state index is -0.737. The standard InChI is InChI=1S/C42H42FN7O4/c1-23-4-5-26(39-24(2)47-54-25(39)3)15-37(23)50(30-8-6-28(7-9-30)42(22-44)12-13-42)32-20-48(21-32)31-16-29(17-31)45-35-18-33-27(14-34(35)43)19-49(41(33)53)36-10-11-38(51)46-40(36)52/h4-9,14-15,18,29,31-32,36,45H,10-13,16-17,19-21H2,1-3H3,(H,46,51,52)/t29-,31+,36?. The predicted molar refractivity (Wildman–Crippen MR) is 199 cm³/mol. The average Bonchev–Trinajstić information content (AvgIpc) is 3.77. The van der Waals surface area contributed by atoms with Crippen LogP contribution in [0.4, 0.5) is 21.5 Å². The fourth-order valence-electron chi connectivity index (χ4n) is 8.87. The van der Waals surface area contributed by atoms with Crippen LogP contribution in [0.2, 0.25) is 0 Å². The van der Waals surface area contributed by atoms with Gasteiger partial charge in [0.15, 0.2) is 0 Å². The lowest BCUT2D eigenvalue weighted by molar-refractivity contribution is -0.136. The minimum absolute atomic E-state index is 0.0665. The number of amides is 3. The van der Waals surface area contributed by atoms with Crippen molar-refractivity contribution in [2.24, 2.45) is 0 Å². The van der Waals surface area contributed by atoms with Crippen LogP contribution in [-0.2, 0) is 21.5 Å². The zero-order chi connectivity index (χ0) is 37.5. The summed E-state index contributed by atoms with van der Waals surface area (Å²) < 4.78 is 20.9. The molecule has 11 nitrogen and oxygen atoms in total. The molecule has 2 aliphatic carbocycles. The third-order valence-corrected chi connectivity index (χ3v) is 12.3. The highest BCUT2D eigenvalue weighted by molar-refractivity contribution is 6.05. The van der Waals surface area contributed by atoms with Gasteiger partial charge in [-0.3, -0.25) is 24.6 Å². The number of benzene rings is 3. The lowest BCUT2D eigenvalue weighted by Crippen LogP contribution is -2.65. The van der Waals surface area contributed by atoms with Crippen LogP contribution in [-0.4, -0.2) is 69.9 Å². The van der Waals surface area contributed by atoms with Crippen molar-refractivity contribution in [3.05, 3.63) is 94.1 Å². The number of nitrogens with one attached hydrogen (secondary N) is 2. The number of halogens is 1. The number of aryl methyl sites for hydroxylation is 3. The van der Waals surface area contributed by atoms with Gasteiger partial charge >= 0.3 is 0 Å². The largest absolute Gasteiger partial charge is 0.380 e. The molecule has 5 aliphatic rings. The van der Waals surface area contributed by atoms with Gasteiger partial charge in [0.1, 0.15) is 17.6 Å². The van der Waals surface area contributed by atoms with E-state index in [1.807, 2.05) is 13.8 Å². The lowest BCUT2D eigenvalue weighted by atomic mass is 9.82. The van der Waals surface area contributed by atoms with Gasteiger partial charge in [0.2, 0.25) is 11.8 Å². The Morgan fingerprint density at radius 3 is 2.46 bits per heavy atom. The van der Waals surface area contributed by atoms with E-state index in [-0.39, 0.29) is 48.7 Å². The zero-order valence-corrected chi connectivity index (χ0v) is 30.6. The SMILES string of the molecule is Cc1ccc(-c2c(C)noc2C)cc1N(c1ccc(C2(C#N)CC2)cc1)C1CN([C@H]2C[C@@H](Nc3cc4c(cc3F)CN(C3CCC(=O)NC3=O)C4=O)C2)C1. The molecule has 1 aromatic heterocycles. The Labute approximate surface area is 313 Å². The first kappa shape index (κ1) is 34.2. The summed E-state index contributed by atoms with van der Waals surface area (Å²) >= 11 is 0. The van der Waals surface area contributed by atoms with Crippen molar-refractivity contribution in [3.63, 3.8) is 0 Å². The van der Waals surface area contributed by atoms with Gasteiger partial charge in [-0.25, -0.2) is 4.39 Å². The molecule has 9 rings (SSSR count). The van der Waals surface area contributed by atoms with Crippen LogP contribution in [0.25, 0.3) is 11.1 Å². The number of aromatic nitrogens is 1. The molecule has 2 N–H and O–H groups in total. The maximum atomic E-state index is 15.3. The number of hydrogen-bond acceptors (Lipinski definition) is 9. The molecule has 1 atom stereocenters. The second-order valence-electron chi connectivity index (χ2n) is 15.8. The summed E-state index contributed by atoms with van der Waals surface area (Å²) in [6.45, 7) is 7.92. The van der Waals surface area contributed by atoms with E-state index in [0.717, 1.165) is 83.9 Å². The van der Waals surface area contributed by atoms with Crippen molar-refractivity contribution >= 4 is 34.8 Å². The highest BCUT2D eigenvalue weighted by Gasteiger charge is 2.46. The Hall–Kier alpha value is -5.54. The number of piperidine rings is 1. The molecule has 4 fully saturated rings. The molecule has 2 saturated carbocycles. The molecule has 276 valence electrons. The first-order valence-electron chi connectivity index (χ1n) is 18.8. The highest BCUT2D eigenvalue weighted by Crippen LogP contribution is 2.48. The second-order valence-corrected chi connectivity index (χ2v) is 15.8. The van der Waals surface area contributed by atoms with Crippen LogP contribution >= 0.6 is 0 Å². The summed E-state index contributed by atoms with van der Waals surface area (Å²) in [6.07, 6.45) is 3.95. The van der Waals surface area contributed by atoms with Crippen molar-refractivity contribution in [3.8, 4) is 17.2 Å². The molecule has 3 amide bonds. The van der Waals surface area contributed by atoms with Crippen LogP contribution in [0.15, 0.2) is 59.1 Å². The van der Waals surface area contributed by atoms with Gasteiger partial charge in [-0.2, -0.15) is 5.26 Å².